The van der Waals surface area contributed by atoms with Crippen LogP contribution in [0.25, 0.3) is 76.2 Å². The van der Waals surface area contributed by atoms with Gasteiger partial charge in [-0.1, -0.05) is 97.1 Å². The predicted octanol–water partition coefficient (Wildman–Crippen LogP) is 12.4. The summed E-state index contributed by atoms with van der Waals surface area (Å²) in [6.45, 7) is 0. The average molecular weight is 576 g/mol. The minimum atomic E-state index is 0.861. The van der Waals surface area contributed by atoms with E-state index in [1.54, 1.807) is 0 Å². The molecule has 0 bridgehead atoms. The van der Waals surface area contributed by atoms with Crippen molar-refractivity contribution >= 4 is 93.3 Å². The molecule has 0 saturated heterocycles. The summed E-state index contributed by atoms with van der Waals surface area (Å²) in [6, 6.07) is 53.8. The third-order valence-electron chi connectivity index (χ3n) is 9.21. The van der Waals surface area contributed by atoms with Gasteiger partial charge >= 0.3 is 0 Å². The summed E-state index contributed by atoms with van der Waals surface area (Å²) < 4.78 is 12.8. The summed E-state index contributed by atoms with van der Waals surface area (Å²) in [7, 11) is 0. The molecule has 0 aliphatic heterocycles. The highest BCUT2D eigenvalue weighted by Crippen LogP contribution is 2.45. The van der Waals surface area contributed by atoms with E-state index < -0.39 is 0 Å². The molecule has 45 heavy (non-hydrogen) atoms. The maximum atomic E-state index is 6.39. The van der Waals surface area contributed by atoms with Crippen molar-refractivity contribution in [2.45, 2.75) is 0 Å². The fourth-order valence-electron chi connectivity index (χ4n) is 7.18. The zero-order chi connectivity index (χ0) is 29.5. The van der Waals surface area contributed by atoms with Gasteiger partial charge in [0.2, 0.25) is 0 Å². The highest BCUT2D eigenvalue weighted by atomic mass is 16.3. The summed E-state index contributed by atoms with van der Waals surface area (Å²) in [5.41, 5.74) is 6.63. The first-order valence-electron chi connectivity index (χ1n) is 15.3. The van der Waals surface area contributed by atoms with Crippen LogP contribution in [0.4, 0.5) is 17.1 Å². The number of benzene rings is 8. The number of nitrogens with zero attached hydrogens (tertiary/aromatic N) is 1. The SMILES string of the molecule is c1ccc2c(c1)ccc1cc(N(c3ccc4c(c3)oc3ccccc34)c3ccc4c(c3)oc3ccccc34)c3ccccc3c12. The summed E-state index contributed by atoms with van der Waals surface area (Å²) in [5.74, 6) is 0. The molecule has 0 unspecified atom stereocenters. The molecule has 10 aromatic rings. The van der Waals surface area contributed by atoms with Gasteiger partial charge in [-0.15, -0.1) is 0 Å². The van der Waals surface area contributed by atoms with Crippen molar-refractivity contribution in [2.24, 2.45) is 0 Å². The third kappa shape index (κ3) is 3.58. The molecule has 0 amide bonds. The van der Waals surface area contributed by atoms with Crippen LogP contribution in [0.15, 0.2) is 160 Å². The smallest absolute Gasteiger partial charge is 0.137 e. The maximum absolute atomic E-state index is 6.39. The molecule has 0 aliphatic carbocycles. The fraction of sp³-hybridized carbons (Fsp3) is 0. The minimum absolute atomic E-state index is 0.861. The Hall–Kier alpha value is -6.06. The molecule has 0 N–H and O–H groups in total. The number of hydrogen-bond donors (Lipinski definition) is 0. The molecule has 0 aliphatic rings. The molecule has 0 saturated carbocycles. The predicted molar refractivity (Wildman–Crippen MR) is 188 cm³/mol. The minimum Gasteiger partial charge on any atom is -0.456 e. The van der Waals surface area contributed by atoms with Crippen LogP contribution in [-0.2, 0) is 0 Å². The van der Waals surface area contributed by atoms with Gasteiger partial charge in [0, 0.05) is 50.4 Å². The number of anilines is 3. The molecule has 3 heteroatoms. The normalized spacial score (nSPS) is 12.0. The largest absolute Gasteiger partial charge is 0.456 e. The van der Waals surface area contributed by atoms with E-state index in [1.165, 1.54) is 32.3 Å². The van der Waals surface area contributed by atoms with Gasteiger partial charge in [0.05, 0.1) is 5.69 Å². The van der Waals surface area contributed by atoms with E-state index in [9.17, 15) is 0 Å². The number of para-hydroxylation sites is 2. The van der Waals surface area contributed by atoms with Gasteiger partial charge in [-0.05, 0) is 69.4 Å². The van der Waals surface area contributed by atoms with Gasteiger partial charge in [0.25, 0.3) is 0 Å². The number of fused-ring (bicyclic) bond motifs is 11. The molecular weight excluding hydrogens is 550 g/mol. The lowest BCUT2D eigenvalue weighted by Crippen LogP contribution is -2.10. The number of furan rings is 2. The van der Waals surface area contributed by atoms with Crippen molar-refractivity contribution in [3.63, 3.8) is 0 Å². The second-order valence-corrected chi connectivity index (χ2v) is 11.7. The Bertz CT molecular complexity index is 2670. The summed E-state index contributed by atoms with van der Waals surface area (Å²) in [4.78, 5) is 2.34. The van der Waals surface area contributed by atoms with E-state index >= 15 is 0 Å². The molecule has 0 spiro atoms. The van der Waals surface area contributed by atoms with Crippen LogP contribution in [0.1, 0.15) is 0 Å². The van der Waals surface area contributed by atoms with E-state index in [0.717, 1.165) is 60.9 Å². The Kier molecular flexibility index (Phi) is 5.00. The van der Waals surface area contributed by atoms with Crippen LogP contribution in [0.2, 0.25) is 0 Å². The molecule has 0 radical (unpaired) electrons. The van der Waals surface area contributed by atoms with Crippen LogP contribution in [0, 0.1) is 0 Å². The van der Waals surface area contributed by atoms with Gasteiger partial charge in [0.15, 0.2) is 0 Å². The van der Waals surface area contributed by atoms with Gasteiger partial charge in [-0.2, -0.15) is 0 Å². The van der Waals surface area contributed by atoms with Crippen molar-refractivity contribution < 1.29 is 8.83 Å². The summed E-state index contributed by atoms with van der Waals surface area (Å²) in [6.07, 6.45) is 0. The molecule has 8 aromatic carbocycles. The number of hydrogen-bond acceptors (Lipinski definition) is 3. The lowest BCUT2D eigenvalue weighted by molar-refractivity contribution is 0.669. The highest BCUT2D eigenvalue weighted by Gasteiger charge is 2.21. The van der Waals surface area contributed by atoms with Crippen LogP contribution >= 0.6 is 0 Å². The van der Waals surface area contributed by atoms with Gasteiger partial charge in [-0.3, -0.25) is 0 Å². The summed E-state index contributed by atoms with van der Waals surface area (Å²) in [5, 5.41) is 11.8. The third-order valence-corrected chi connectivity index (χ3v) is 9.21. The van der Waals surface area contributed by atoms with Crippen molar-refractivity contribution in [3.05, 3.63) is 152 Å². The van der Waals surface area contributed by atoms with Crippen molar-refractivity contribution in [1.29, 1.82) is 0 Å². The second kappa shape index (κ2) is 9.22. The Morgan fingerprint density at radius 3 is 1.47 bits per heavy atom. The monoisotopic (exact) mass is 575 g/mol. The molecule has 2 aromatic heterocycles. The lowest BCUT2D eigenvalue weighted by atomic mass is 9.94. The second-order valence-electron chi connectivity index (χ2n) is 11.7. The quantitative estimate of drug-likeness (QED) is 0.196. The van der Waals surface area contributed by atoms with E-state index in [0.29, 0.717) is 0 Å². The first-order valence-corrected chi connectivity index (χ1v) is 15.3. The molecular formula is C42H25NO2. The van der Waals surface area contributed by atoms with E-state index in [-0.39, 0.29) is 0 Å². The van der Waals surface area contributed by atoms with Crippen molar-refractivity contribution in [3.8, 4) is 0 Å². The first kappa shape index (κ1) is 24.4. The fourth-order valence-corrected chi connectivity index (χ4v) is 7.18. The standard InChI is InChI=1S/C42H25NO2/c1-2-10-30-26(9-1)17-18-27-23-37(31-11-3-4-14-36(31)42(27)30)43(28-19-21-34-32-12-5-7-15-38(32)44-40(34)24-28)29-20-22-35-33-13-6-8-16-39(33)45-41(35)25-29/h1-25H. The van der Waals surface area contributed by atoms with Crippen LogP contribution < -0.4 is 4.90 Å². The molecule has 10 rings (SSSR count). The topological polar surface area (TPSA) is 29.5 Å². The molecule has 0 fully saturated rings. The zero-order valence-electron chi connectivity index (χ0n) is 24.2. The van der Waals surface area contributed by atoms with Crippen LogP contribution in [-0.4, -0.2) is 0 Å². The zero-order valence-corrected chi connectivity index (χ0v) is 24.2. The molecule has 0 atom stereocenters. The first-order chi connectivity index (χ1) is 22.3. The van der Waals surface area contributed by atoms with Gasteiger partial charge in [-0.25, -0.2) is 0 Å². The van der Waals surface area contributed by atoms with Crippen LogP contribution in [0.3, 0.4) is 0 Å². The Morgan fingerprint density at radius 2 is 0.822 bits per heavy atom. The molecule has 2 heterocycles. The van der Waals surface area contributed by atoms with E-state index in [2.05, 4.69) is 132 Å². The van der Waals surface area contributed by atoms with Crippen molar-refractivity contribution in [2.75, 3.05) is 4.90 Å². The average Bonchev–Trinajstić information content (AvgIpc) is 3.66. The number of rotatable bonds is 3. The van der Waals surface area contributed by atoms with Gasteiger partial charge in [0.1, 0.15) is 22.3 Å². The van der Waals surface area contributed by atoms with Gasteiger partial charge < -0.3 is 13.7 Å². The summed E-state index contributed by atoms with van der Waals surface area (Å²) >= 11 is 0. The maximum Gasteiger partial charge on any atom is 0.137 e. The van der Waals surface area contributed by atoms with Crippen LogP contribution in [0.5, 0.6) is 0 Å². The lowest BCUT2D eigenvalue weighted by Gasteiger charge is -2.27. The Labute approximate surface area is 258 Å². The Balaban J connectivity index is 1.29. The Morgan fingerprint density at radius 1 is 0.333 bits per heavy atom. The highest BCUT2D eigenvalue weighted by molar-refractivity contribution is 6.24. The van der Waals surface area contributed by atoms with E-state index in [1.807, 2.05) is 24.3 Å². The molecule has 210 valence electrons. The van der Waals surface area contributed by atoms with E-state index in [4.69, 9.17) is 8.83 Å². The van der Waals surface area contributed by atoms with Crippen molar-refractivity contribution in [1.82, 2.24) is 0 Å². The molecule has 3 nitrogen and oxygen atoms in total.